The van der Waals surface area contributed by atoms with Gasteiger partial charge in [-0.15, -0.1) is 0 Å². The summed E-state index contributed by atoms with van der Waals surface area (Å²) in [7, 11) is 0. The van der Waals surface area contributed by atoms with Gasteiger partial charge in [-0.25, -0.2) is 4.79 Å². The summed E-state index contributed by atoms with van der Waals surface area (Å²) in [5, 5.41) is 37.2. The number of carboxylic acid groups (broad SMARTS) is 1. The average molecular weight is 572 g/mol. The number of aliphatic carboxylic acids is 1. The lowest BCUT2D eigenvalue weighted by Crippen LogP contribution is -2.60. The van der Waals surface area contributed by atoms with Crippen molar-refractivity contribution < 1.29 is 34.5 Å². The maximum Gasteiger partial charge on any atom is 0.327 e. The molecule has 0 saturated carbocycles. The van der Waals surface area contributed by atoms with E-state index in [4.69, 9.17) is 5.73 Å². The van der Waals surface area contributed by atoms with E-state index >= 15 is 0 Å². The molecule has 12 nitrogen and oxygen atoms in total. The molecule has 0 aliphatic heterocycles. The number of nitrogens with one attached hydrogen (secondary N) is 4. The average Bonchev–Trinajstić information content (AvgIpc) is 3.33. The highest BCUT2D eigenvalue weighted by Gasteiger charge is 2.32. The predicted octanol–water partition coefficient (Wildman–Crippen LogP) is -0.164. The molecule has 0 aliphatic rings. The van der Waals surface area contributed by atoms with Crippen LogP contribution in [0, 0.1) is 0 Å². The van der Waals surface area contributed by atoms with Gasteiger partial charge >= 0.3 is 5.97 Å². The fourth-order valence-corrected chi connectivity index (χ4v) is 4.34. The first kappa shape index (κ1) is 30.5. The number of aliphatic hydroxyl groups excluding tert-OH is 1. The number of para-hydroxylation sites is 1. The second-order valence-corrected chi connectivity index (χ2v) is 9.78. The third-order valence-electron chi connectivity index (χ3n) is 6.32. The van der Waals surface area contributed by atoms with E-state index in [0.717, 1.165) is 10.9 Å². The molecule has 9 N–H and O–H groups in total. The van der Waals surface area contributed by atoms with E-state index in [2.05, 4.69) is 33.6 Å². The molecular weight excluding hydrogens is 538 g/mol. The van der Waals surface area contributed by atoms with Gasteiger partial charge in [-0.05, 0) is 42.7 Å². The lowest BCUT2D eigenvalue weighted by atomic mass is 10.0. The number of phenols is 1. The minimum atomic E-state index is -1.46. The summed E-state index contributed by atoms with van der Waals surface area (Å²) in [6, 6.07) is 8.34. The number of amides is 3. The minimum absolute atomic E-state index is 0.0126. The third-order valence-corrected chi connectivity index (χ3v) is 6.69. The number of phenolic OH excluding ortho intramolecular Hbond substituents is 1. The summed E-state index contributed by atoms with van der Waals surface area (Å²) < 4.78 is 0. The number of aromatic hydroxyl groups is 1. The molecule has 3 rings (SSSR count). The van der Waals surface area contributed by atoms with Crippen LogP contribution in [-0.4, -0.2) is 80.0 Å². The van der Waals surface area contributed by atoms with E-state index in [1.165, 1.54) is 19.1 Å². The Morgan fingerprint density at radius 2 is 1.57 bits per heavy atom. The van der Waals surface area contributed by atoms with Gasteiger partial charge in [0.15, 0.2) is 0 Å². The van der Waals surface area contributed by atoms with Crippen LogP contribution in [0.3, 0.4) is 0 Å². The van der Waals surface area contributed by atoms with E-state index in [1.807, 2.05) is 24.3 Å². The number of aromatic amines is 1. The summed E-state index contributed by atoms with van der Waals surface area (Å²) in [6.07, 6.45) is 0.416. The summed E-state index contributed by atoms with van der Waals surface area (Å²) in [4.78, 5) is 53.7. The van der Waals surface area contributed by atoms with Crippen LogP contribution in [0.1, 0.15) is 18.1 Å². The highest BCUT2D eigenvalue weighted by Crippen LogP contribution is 2.19. The maximum absolute atomic E-state index is 13.3. The van der Waals surface area contributed by atoms with Crippen molar-refractivity contribution in [3.8, 4) is 5.75 Å². The largest absolute Gasteiger partial charge is 0.508 e. The number of nitrogens with two attached hydrogens (primary N) is 1. The van der Waals surface area contributed by atoms with Crippen molar-refractivity contribution in [1.29, 1.82) is 0 Å². The highest BCUT2D eigenvalue weighted by atomic mass is 32.1. The fraction of sp³-hybridized carbons (Fsp3) is 0.333. The Morgan fingerprint density at radius 1 is 0.925 bits per heavy atom. The molecule has 5 atom stereocenters. The number of hydrogen-bond acceptors (Lipinski definition) is 8. The van der Waals surface area contributed by atoms with Crippen molar-refractivity contribution in [2.45, 2.75) is 50.0 Å². The fourth-order valence-electron chi connectivity index (χ4n) is 4.09. The zero-order chi connectivity index (χ0) is 29.4. The Kier molecular flexibility index (Phi) is 10.5. The van der Waals surface area contributed by atoms with Crippen LogP contribution in [-0.2, 0) is 32.0 Å². The number of hydrogen-bond donors (Lipinski definition) is 9. The number of thiol groups is 1. The number of rotatable bonds is 13. The molecule has 0 saturated heterocycles. The van der Waals surface area contributed by atoms with Gasteiger partial charge in [0.05, 0.1) is 12.1 Å². The van der Waals surface area contributed by atoms with E-state index in [9.17, 15) is 34.5 Å². The zero-order valence-electron chi connectivity index (χ0n) is 21.7. The lowest BCUT2D eigenvalue weighted by molar-refractivity contribution is -0.141. The standard InChI is InChI=1S/C27H33N5O7S/c1-14(33)23(32-24(35)19(28)10-15-6-8-17(34)9-7-15)26(37)30-21(25(36)31-22(13-40)27(38)39)11-16-12-29-20-5-3-2-4-18(16)20/h2-9,12,14,19,21-23,29,33-34,40H,10-11,13,28H2,1H3,(H,30,37)(H,31,36)(H,32,35)(H,38,39). The van der Waals surface area contributed by atoms with E-state index in [-0.39, 0.29) is 24.3 Å². The van der Waals surface area contributed by atoms with Gasteiger partial charge in [-0.1, -0.05) is 30.3 Å². The van der Waals surface area contributed by atoms with Gasteiger partial charge in [0.25, 0.3) is 0 Å². The quantitative estimate of drug-likeness (QED) is 0.126. The second-order valence-electron chi connectivity index (χ2n) is 9.41. The molecule has 5 unspecified atom stereocenters. The topological polar surface area (TPSA) is 207 Å². The molecule has 0 bridgehead atoms. The molecule has 0 radical (unpaired) electrons. The van der Waals surface area contributed by atoms with Crippen molar-refractivity contribution in [1.82, 2.24) is 20.9 Å². The lowest BCUT2D eigenvalue weighted by Gasteiger charge is -2.26. The van der Waals surface area contributed by atoms with E-state index < -0.39 is 54.0 Å². The first-order valence-electron chi connectivity index (χ1n) is 12.5. The van der Waals surface area contributed by atoms with Crippen LogP contribution in [0.25, 0.3) is 10.9 Å². The van der Waals surface area contributed by atoms with Gasteiger partial charge in [-0.3, -0.25) is 14.4 Å². The second kappa shape index (κ2) is 13.8. The van der Waals surface area contributed by atoms with Crippen LogP contribution in [0.15, 0.2) is 54.7 Å². The summed E-state index contributed by atoms with van der Waals surface area (Å²) in [5.41, 5.74) is 8.17. The molecule has 0 aliphatic carbocycles. The minimum Gasteiger partial charge on any atom is -0.508 e. The maximum atomic E-state index is 13.3. The van der Waals surface area contributed by atoms with Gasteiger partial charge in [-0.2, -0.15) is 12.6 Å². The number of aliphatic hydroxyl groups is 1. The molecule has 3 amide bonds. The monoisotopic (exact) mass is 571 g/mol. The molecule has 1 heterocycles. The first-order chi connectivity index (χ1) is 19.0. The molecule has 13 heteroatoms. The molecule has 2 aromatic carbocycles. The van der Waals surface area contributed by atoms with Gasteiger partial charge < -0.3 is 42.0 Å². The predicted molar refractivity (Wildman–Crippen MR) is 151 cm³/mol. The van der Waals surface area contributed by atoms with Crippen molar-refractivity contribution >= 4 is 47.2 Å². The Labute approximate surface area is 235 Å². The molecule has 40 heavy (non-hydrogen) atoms. The molecule has 214 valence electrons. The Bertz CT molecular complexity index is 1340. The van der Waals surface area contributed by atoms with Gasteiger partial charge in [0, 0.05) is 29.3 Å². The Morgan fingerprint density at radius 3 is 2.20 bits per heavy atom. The number of H-pyrrole nitrogens is 1. The zero-order valence-corrected chi connectivity index (χ0v) is 22.6. The number of carbonyl (C=O) groups is 4. The number of carboxylic acids is 1. The summed E-state index contributed by atoms with van der Waals surface area (Å²) >= 11 is 3.97. The highest BCUT2D eigenvalue weighted by molar-refractivity contribution is 7.80. The van der Waals surface area contributed by atoms with Crippen LogP contribution in [0.4, 0.5) is 0 Å². The van der Waals surface area contributed by atoms with E-state index in [1.54, 1.807) is 18.3 Å². The molecular formula is C27H33N5O7S. The van der Waals surface area contributed by atoms with Crippen LogP contribution < -0.4 is 21.7 Å². The number of benzene rings is 2. The van der Waals surface area contributed by atoms with Crippen molar-refractivity contribution in [3.63, 3.8) is 0 Å². The third kappa shape index (κ3) is 7.97. The van der Waals surface area contributed by atoms with Crippen LogP contribution in [0.5, 0.6) is 5.75 Å². The normalized spacial score (nSPS) is 14.9. The molecule has 0 spiro atoms. The summed E-state index contributed by atoms with van der Waals surface area (Å²) in [6.45, 7) is 1.30. The molecule has 1 aromatic heterocycles. The van der Waals surface area contributed by atoms with Crippen molar-refractivity contribution in [3.05, 3.63) is 65.9 Å². The van der Waals surface area contributed by atoms with Crippen LogP contribution in [0.2, 0.25) is 0 Å². The number of fused-ring (bicyclic) bond motifs is 1. The van der Waals surface area contributed by atoms with Crippen molar-refractivity contribution in [2.75, 3.05) is 5.75 Å². The van der Waals surface area contributed by atoms with Gasteiger partial charge in [0.2, 0.25) is 17.7 Å². The molecule has 3 aromatic rings. The molecule has 0 fully saturated rings. The smallest absolute Gasteiger partial charge is 0.327 e. The van der Waals surface area contributed by atoms with Crippen molar-refractivity contribution in [2.24, 2.45) is 5.73 Å². The first-order valence-corrected chi connectivity index (χ1v) is 13.1. The SMILES string of the molecule is CC(O)C(NC(=O)C(N)Cc1ccc(O)cc1)C(=O)NC(Cc1c[nH]c2ccccc12)C(=O)NC(CS)C(=O)O. The number of carbonyl (C=O) groups excluding carboxylic acids is 3. The Hall–Kier alpha value is -4.07. The van der Waals surface area contributed by atoms with Gasteiger partial charge in [0.1, 0.15) is 23.9 Å². The van der Waals surface area contributed by atoms with E-state index in [0.29, 0.717) is 11.1 Å². The van der Waals surface area contributed by atoms with Crippen LogP contribution >= 0.6 is 12.6 Å². The summed E-state index contributed by atoms with van der Waals surface area (Å²) in [5.74, 6) is -3.77. The Balaban J connectivity index is 1.77. The number of aromatic nitrogens is 1.